The third-order valence-corrected chi connectivity index (χ3v) is 4.49. The molecule has 134 valence electrons. The van der Waals surface area contributed by atoms with Gasteiger partial charge in [-0.05, 0) is 30.3 Å². The molecular formula is C17H10F4N2O2S. The van der Waals surface area contributed by atoms with Crippen molar-refractivity contribution in [2.75, 3.05) is 0 Å². The zero-order valence-electron chi connectivity index (χ0n) is 12.9. The standard InChI is InChI=1S/C17H10F4N2O2S/c18-10-4-9(5-11(19)6-10)17-12(2-1-3-23-17)13-7-15(21)16(8-14(13)20)26(22,24)25/h1-8H,(H2,22,24,25). The maximum atomic E-state index is 14.4. The first-order valence-electron chi connectivity index (χ1n) is 7.10. The maximum Gasteiger partial charge on any atom is 0.241 e. The molecule has 1 heterocycles. The smallest absolute Gasteiger partial charge is 0.241 e. The SMILES string of the molecule is NS(=O)(=O)c1cc(F)c(-c2cccnc2-c2cc(F)cc(F)c2)cc1F. The Hall–Kier alpha value is -2.78. The topological polar surface area (TPSA) is 73.1 Å². The molecule has 2 aromatic carbocycles. The summed E-state index contributed by atoms with van der Waals surface area (Å²) in [5.74, 6) is -4.08. The molecule has 0 saturated heterocycles. The summed E-state index contributed by atoms with van der Waals surface area (Å²) in [5.41, 5.74) is -0.307. The van der Waals surface area contributed by atoms with Crippen LogP contribution in [0.4, 0.5) is 17.6 Å². The van der Waals surface area contributed by atoms with Crippen molar-refractivity contribution in [3.05, 3.63) is 71.9 Å². The highest BCUT2D eigenvalue weighted by Gasteiger charge is 2.21. The van der Waals surface area contributed by atoms with Gasteiger partial charge in [-0.3, -0.25) is 4.98 Å². The number of aromatic nitrogens is 1. The van der Waals surface area contributed by atoms with Crippen LogP contribution in [0.5, 0.6) is 0 Å². The molecular weight excluding hydrogens is 372 g/mol. The van der Waals surface area contributed by atoms with E-state index < -0.39 is 38.2 Å². The number of sulfonamides is 1. The van der Waals surface area contributed by atoms with Gasteiger partial charge in [0.1, 0.15) is 28.2 Å². The summed E-state index contributed by atoms with van der Waals surface area (Å²) in [4.78, 5) is 2.99. The van der Waals surface area contributed by atoms with E-state index in [4.69, 9.17) is 5.14 Å². The van der Waals surface area contributed by atoms with E-state index in [-0.39, 0.29) is 22.4 Å². The van der Waals surface area contributed by atoms with Gasteiger partial charge >= 0.3 is 0 Å². The fourth-order valence-corrected chi connectivity index (χ4v) is 3.09. The largest absolute Gasteiger partial charge is 0.256 e. The highest BCUT2D eigenvalue weighted by atomic mass is 32.2. The first kappa shape index (κ1) is 18.0. The van der Waals surface area contributed by atoms with E-state index in [9.17, 15) is 26.0 Å². The van der Waals surface area contributed by atoms with Crippen LogP contribution in [0.3, 0.4) is 0 Å². The molecule has 3 aromatic rings. The van der Waals surface area contributed by atoms with Crippen LogP contribution in [0.15, 0.2) is 53.6 Å². The molecule has 3 rings (SSSR count). The van der Waals surface area contributed by atoms with E-state index in [1.54, 1.807) is 0 Å². The van der Waals surface area contributed by atoms with Crippen molar-refractivity contribution in [2.24, 2.45) is 5.14 Å². The third kappa shape index (κ3) is 3.44. The van der Waals surface area contributed by atoms with Crippen molar-refractivity contribution >= 4 is 10.0 Å². The molecule has 4 nitrogen and oxygen atoms in total. The number of nitrogens with zero attached hydrogens (tertiary/aromatic N) is 1. The molecule has 0 spiro atoms. The van der Waals surface area contributed by atoms with Gasteiger partial charge < -0.3 is 0 Å². The van der Waals surface area contributed by atoms with Crippen molar-refractivity contribution in [3.63, 3.8) is 0 Å². The van der Waals surface area contributed by atoms with Crippen LogP contribution in [0.25, 0.3) is 22.4 Å². The monoisotopic (exact) mass is 382 g/mol. The van der Waals surface area contributed by atoms with Crippen molar-refractivity contribution < 1.29 is 26.0 Å². The molecule has 0 radical (unpaired) electrons. The van der Waals surface area contributed by atoms with Crippen LogP contribution in [0.1, 0.15) is 0 Å². The maximum absolute atomic E-state index is 14.4. The number of nitrogens with two attached hydrogens (primary N) is 1. The Morgan fingerprint density at radius 2 is 1.50 bits per heavy atom. The molecule has 1 aromatic heterocycles. The molecule has 0 aliphatic carbocycles. The normalized spacial score (nSPS) is 11.6. The van der Waals surface area contributed by atoms with E-state index in [1.165, 1.54) is 18.3 Å². The number of halogens is 4. The van der Waals surface area contributed by atoms with Crippen molar-refractivity contribution in [1.29, 1.82) is 0 Å². The fraction of sp³-hybridized carbons (Fsp3) is 0. The van der Waals surface area contributed by atoms with E-state index >= 15 is 0 Å². The van der Waals surface area contributed by atoms with Crippen LogP contribution in [-0.2, 0) is 10.0 Å². The van der Waals surface area contributed by atoms with Gasteiger partial charge in [0.15, 0.2) is 0 Å². The van der Waals surface area contributed by atoms with Gasteiger partial charge in [0, 0.05) is 29.0 Å². The summed E-state index contributed by atoms with van der Waals surface area (Å²) in [6.07, 6.45) is 1.31. The number of hydrogen-bond acceptors (Lipinski definition) is 3. The van der Waals surface area contributed by atoms with Gasteiger partial charge in [-0.1, -0.05) is 6.07 Å². The number of pyridine rings is 1. The lowest BCUT2D eigenvalue weighted by molar-refractivity contribution is 0.555. The Kier molecular flexibility index (Phi) is 4.51. The summed E-state index contributed by atoms with van der Waals surface area (Å²) in [6, 6.07) is 6.50. The van der Waals surface area contributed by atoms with Crippen molar-refractivity contribution in [1.82, 2.24) is 4.98 Å². The van der Waals surface area contributed by atoms with Crippen LogP contribution in [-0.4, -0.2) is 13.4 Å². The Labute approximate surface area is 146 Å². The Bertz CT molecular complexity index is 1100. The predicted octanol–water partition coefficient (Wildman–Crippen LogP) is 3.62. The molecule has 0 bridgehead atoms. The molecule has 0 atom stereocenters. The molecule has 0 aliphatic heterocycles. The Morgan fingerprint density at radius 3 is 2.12 bits per heavy atom. The molecule has 0 saturated carbocycles. The predicted molar refractivity (Wildman–Crippen MR) is 86.3 cm³/mol. The van der Waals surface area contributed by atoms with Crippen LogP contribution < -0.4 is 5.14 Å². The lowest BCUT2D eigenvalue weighted by atomic mass is 9.98. The number of rotatable bonds is 3. The lowest BCUT2D eigenvalue weighted by Crippen LogP contribution is -2.14. The van der Waals surface area contributed by atoms with Crippen molar-refractivity contribution in [2.45, 2.75) is 4.90 Å². The fourth-order valence-electron chi connectivity index (χ4n) is 2.50. The molecule has 0 unspecified atom stereocenters. The summed E-state index contributed by atoms with van der Waals surface area (Å²) < 4.78 is 78.1. The second-order valence-electron chi connectivity index (χ2n) is 5.37. The number of primary sulfonamides is 1. The van der Waals surface area contributed by atoms with Gasteiger partial charge in [0.2, 0.25) is 10.0 Å². The van der Waals surface area contributed by atoms with Crippen LogP contribution >= 0.6 is 0 Å². The molecule has 0 amide bonds. The minimum atomic E-state index is -4.46. The van der Waals surface area contributed by atoms with Crippen molar-refractivity contribution in [3.8, 4) is 22.4 Å². The Balaban J connectivity index is 2.25. The van der Waals surface area contributed by atoms with Gasteiger partial charge in [-0.2, -0.15) is 0 Å². The van der Waals surface area contributed by atoms with Gasteiger partial charge in [0.25, 0.3) is 0 Å². The molecule has 26 heavy (non-hydrogen) atoms. The highest BCUT2D eigenvalue weighted by molar-refractivity contribution is 7.89. The number of hydrogen-bond donors (Lipinski definition) is 1. The van der Waals surface area contributed by atoms with Gasteiger partial charge in [-0.15, -0.1) is 0 Å². The van der Waals surface area contributed by atoms with E-state index in [0.717, 1.165) is 12.1 Å². The molecule has 0 aliphatic rings. The highest BCUT2D eigenvalue weighted by Crippen LogP contribution is 2.34. The van der Waals surface area contributed by atoms with E-state index in [0.29, 0.717) is 18.2 Å². The molecule has 0 fully saturated rings. The number of benzene rings is 2. The first-order valence-corrected chi connectivity index (χ1v) is 8.65. The third-order valence-electron chi connectivity index (χ3n) is 3.56. The second kappa shape index (κ2) is 6.50. The second-order valence-corrected chi connectivity index (χ2v) is 6.90. The lowest BCUT2D eigenvalue weighted by Gasteiger charge is -2.11. The average molecular weight is 382 g/mol. The zero-order chi connectivity index (χ0) is 19.1. The average Bonchev–Trinajstić information content (AvgIpc) is 2.55. The van der Waals surface area contributed by atoms with E-state index in [2.05, 4.69) is 4.98 Å². The summed E-state index contributed by atoms with van der Waals surface area (Å²) >= 11 is 0. The quantitative estimate of drug-likeness (QED) is 0.704. The molecule has 9 heteroatoms. The summed E-state index contributed by atoms with van der Waals surface area (Å²) in [6.45, 7) is 0. The summed E-state index contributed by atoms with van der Waals surface area (Å²) in [5, 5.41) is 4.84. The minimum Gasteiger partial charge on any atom is -0.256 e. The minimum absolute atomic E-state index is 0.00689. The summed E-state index contributed by atoms with van der Waals surface area (Å²) in [7, 11) is -4.46. The van der Waals surface area contributed by atoms with E-state index in [1.807, 2.05) is 0 Å². The first-order chi connectivity index (χ1) is 12.2. The van der Waals surface area contributed by atoms with Crippen LogP contribution in [0.2, 0.25) is 0 Å². The zero-order valence-corrected chi connectivity index (χ0v) is 13.7. The van der Waals surface area contributed by atoms with Crippen LogP contribution in [0, 0.1) is 23.3 Å². The Morgan fingerprint density at radius 1 is 0.846 bits per heavy atom. The van der Waals surface area contributed by atoms with Gasteiger partial charge in [-0.25, -0.2) is 31.1 Å². The molecule has 2 N–H and O–H groups in total. The van der Waals surface area contributed by atoms with Gasteiger partial charge in [0.05, 0.1) is 5.69 Å².